The second kappa shape index (κ2) is 12.0. The maximum Gasteiger partial charge on any atom is 0.401 e. The molecule has 6 nitrogen and oxygen atoms in total. The van der Waals surface area contributed by atoms with Gasteiger partial charge < -0.3 is 19.8 Å². The lowest BCUT2D eigenvalue weighted by atomic mass is 9.93. The summed E-state index contributed by atoms with van der Waals surface area (Å²) in [7, 11) is 1.65. The normalized spacial score (nSPS) is 17.1. The van der Waals surface area contributed by atoms with Crippen molar-refractivity contribution in [3.63, 3.8) is 0 Å². The van der Waals surface area contributed by atoms with Crippen molar-refractivity contribution in [2.24, 2.45) is 10.9 Å². The molecule has 1 aromatic rings. The van der Waals surface area contributed by atoms with Crippen LogP contribution >= 0.6 is 0 Å². The number of nitrogens with zero attached hydrogens (tertiary/aromatic N) is 2. The highest BCUT2D eigenvalue weighted by atomic mass is 19.4. The van der Waals surface area contributed by atoms with E-state index in [-0.39, 0.29) is 0 Å². The van der Waals surface area contributed by atoms with E-state index in [2.05, 4.69) is 15.6 Å². The number of methoxy groups -OCH3 is 1. The van der Waals surface area contributed by atoms with Crippen LogP contribution in [0, 0.1) is 5.92 Å². The quantitative estimate of drug-likeness (QED) is 0.357. The van der Waals surface area contributed by atoms with E-state index in [4.69, 9.17) is 9.15 Å². The molecule has 0 spiro atoms. The molecule has 2 rings (SSSR count). The number of hydrogen-bond donors (Lipinski definition) is 2. The molecule has 1 saturated heterocycles. The Labute approximate surface area is 164 Å². The van der Waals surface area contributed by atoms with Gasteiger partial charge in [-0.15, -0.1) is 0 Å². The van der Waals surface area contributed by atoms with Gasteiger partial charge in [-0.3, -0.25) is 9.89 Å². The molecule has 0 saturated carbocycles. The Morgan fingerprint density at radius 1 is 1.29 bits per heavy atom. The molecule has 2 N–H and O–H groups in total. The molecule has 0 bridgehead atoms. The summed E-state index contributed by atoms with van der Waals surface area (Å²) in [5.74, 6) is 2.06. The third-order valence-corrected chi connectivity index (χ3v) is 4.76. The summed E-state index contributed by atoms with van der Waals surface area (Å²) in [4.78, 5) is 6.10. The van der Waals surface area contributed by atoms with Crippen molar-refractivity contribution in [3.8, 4) is 0 Å². The third-order valence-electron chi connectivity index (χ3n) is 4.76. The molecule has 0 unspecified atom stereocenters. The minimum Gasteiger partial charge on any atom is -0.469 e. The van der Waals surface area contributed by atoms with Crippen LogP contribution in [0.3, 0.4) is 0 Å². The van der Waals surface area contributed by atoms with Crippen molar-refractivity contribution < 1.29 is 22.3 Å². The molecular weight excluding hydrogens is 373 g/mol. The molecule has 2 heterocycles. The van der Waals surface area contributed by atoms with E-state index in [0.717, 1.165) is 37.4 Å². The lowest BCUT2D eigenvalue weighted by molar-refractivity contribution is -0.148. The van der Waals surface area contributed by atoms with Gasteiger partial charge in [0.1, 0.15) is 5.76 Å². The van der Waals surface area contributed by atoms with Gasteiger partial charge in [-0.2, -0.15) is 13.2 Å². The average molecular weight is 404 g/mol. The van der Waals surface area contributed by atoms with Crippen LogP contribution in [0.15, 0.2) is 27.8 Å². The average Bonchev–Trinajstić information content (AvgIpc) is 3.15. The largest absolute Gasteiger partial charge is 0.469 e. The number of ether oxygens (including phenoxy) is 1. The van der Waals surface area contributed by atoms with Gasteiger partial charge in [-0.25, -0.2) is 0 Å². The summed E-state index contributed by atoms with van der Waals surface area (Å²) in [6, 6.07) is 3.79. The molecule has 160 valence electrons. The van der Waals surface area contributed by atoms with E-state index >= 15 is 0 Å². The fraction of sp³-hybridized carbons (Fsp3) is 0.737. The predicted octanol–water partition coefficient (Wildman–Crippen LogP) is 2.67. The molecule has 0 amide bonds. The summed E-state index contributed by atoms with van der Waals surface area (Å²) in [6.45, 7) is 2.79. The molecule has 1 fully saturated rings. The topological polar surface area (TPSA) is 62.0 Å². The summed E-state index contributed by atoms with van der Waals surface area (Å²) in [5, 5.41) is 6.50. The number of hydrogen-bond acceptors (Lipinski definition) is 4. The highest BCUT2D eigenvalue weighted by molar-refractivity contribution is 5.79. The van der Waals surface area contributed by atoms with E-state index in [1.165, 1.54) is 4.90 Å². The summed E-state index contributed by atoms with van der Waals surface area (Å²) in [6.07, 6.45) is 0.779. The van der Waals surface area contributed by atoms with Crippen LogP contribution in [0.2, 0.25) is 0 Å². The molecule has 9 heteroatoms. The zero-order valence-electron chi connectivity index (χ0n) is 16.4. The van der Waals surface area contributed by atoms with Crippen LogP contribution in [0.1, 0.15) is 25.0 Å². The number of guanidine groups is 1. The van der Waals surface area contributed by atoms with Gasteiger partial charge in [0, 0.05) is 33.2 Å². The van der Waals surface area contributed by atoms with Gasteiger partial charge in [0.2, 0.25) is 0 Å². The zero-order chi connectivity index (χ0) is 20.2. The van der Waals surface area contributed by atoms with E-state index in [0.29, 0.717) is 45.2 Å². The van der Waals surface area contributed by atoms with Gasteiger partial charge in [-0.05, 0) is 50.4 Å². The Bertz CT molecular complexity index is 556. The number of piperidine rings is 1. The number of alkyl halides is 3. The number of rotatable bonds is 10. The highest BCUT2D eigenvalue weighted by Gasteiger charge is 2.32. The van der Waals surface area contributed by atoms with Crippen LogP contribution in [-0.4, -0.2) is 70.0 Å². The summed E-state index contributed by atoms with van der Waals surface area (Å²) < 4.78 is 47.8. The lowest BCUT2D eigenvalue weighted by Gasteiger charge is -2.32. The van der Waals surface area contributed by atoms with E-state index in [1.807, 2.05) is 12.1 Å². The molecule has 1 aromatic heterocycles. The van der Waals surface area contributed by atoms with E-state index in [1.54, 1.807) is 13.4 Å². The van der Waals surface area contributed by atoms with Crippen molar-refractivity contribution in [1.82, 2.24) is 15.5 Å². The molecule has 1 aliphatic heterocycles. The van der Waals surface area contributed by atoms with Gasteiger partial charge in [0.15, 0.2) is 5.96 Å². The van der Waals surface area contributed by atoms with Crippen molar-refractivity contribution in [2.75, 3.05) is 53.0 Å². The fourth-order valence-corrected chi connectivity index (χ4v) is 3.25. The maximum absolute atomic E-state index is 12.5. The van der Waals surface area contributed by atoms with Crippen LogP contribution < -0.4 is 10.6 Å². The Hall–Kier alpha value is -1.74. The molecule has 0 atom stereocenters. The number of halogens is 3. The maximum atomic E-state index is 12.5. The first-order valence-corrected chi connectivity index (χ1v) is 9.79. The first-order valence-electron chi connectivity index (χ1n) is 9.79. The number of aliphatic imine (C=N–C) groups is 1. The fourth-order valence-electron chi connectivity index (χ4n) is 3.25. The second-order valence-electron chi connectivity index (χ2n) is 7.03. The molecule has 0 aliphatic carbocycles. The van der Waals surface area contributed by atoms with Crippen molar-refractivity contribution in [3.05, 3.63) is 24.2 Å². The Balaban J connectivity index is 1.70. The van der Waals surface area contributed by atoms with Gasteiger partial charge >= 0.3 is 6.18 Å². The minimum absolute atomic E-state index is 0.427. The Kier molecular flexibility index (Phi) is 9.63. The standard InChI is InChI=1S/C19H31F3N4O2/c1-27-14-10-25-18(24-9-5-17-3-2-13-28-17)23-8-4-16-6-11-26(12-7-16)15-19(20,21)22/h2-3,13,16H,4-12,14-15H2,1H3,(H2,23,24,25). The predicted molar refractivity (Wildman–Crippen MR) is 102 cm³/mol. The Morgan fingerprint density at radius 3 is 2.68 bits per heavy atom. The number of nitrogens with one attached hydrogen (secondary N) is 2. The van der Waals surface area contributed by atoms with E-state index < -0.39 is 12.7 Å². The monoisotopic (exact) mass is 404 g/mol. The smallest absolute Gasteiger partial charge is 0.401 e. The van der Waals surface area contributed by atoms with Gasteiger partial charge in [0.25, 0.3) is 0 Å². The SMILES string of the molecule is COCCNC(=NCCC1CCN(CC(F)(F)F)CC1)NCCc1ccco1. The zero-order valence-corrected chi connectivity index (χ0v) is 16.4. The Morgan fingerprint density at radius 2 is 2.04 bits per heavy atom. The minimum atomic E-state index is -4.11. The molecule has 0 aromatic carbocycles. The third kappa shape index (κ3) is 9.45. The summed E-state index contributed by atoms with van der Waals surface area (Å²) in [5.41, 5.74) is 0. The first kappa shape index (κ1) is 22.5. The van der Waals surface area contributed by atoms with Crippen molar-refractivity contribution in [2.45, 2.75) is 31.9 Å². The van der Waals surface area contributed by atoms with Crippen LogP contribution in [0.25, 0.3) is 0 Å². The van der Waals surface area contributed by atoms with Crippen LogP contribution in [0.5, 0.6) is 0 Å². The first-order chi connectivity index (χ1) is 13.5. The van der Waals surface area contributed by atoms with Crippen molar-refractivity contribution in [1.29, 1.82) is 0 Å². The van der Waals surface area contributed by atoms with Gasteiger partial charge in [0.05, 0.1) is 19.4 Å². The van der Waals surface area contributed by atoms with Crippen molar-refractivity contribution >= 4 is 5.96 Å². The molecular formula is C19H31F3N4O2. The van der Waals surface area contributed by atoms with E-state index in [9.17, 15) is 13.2 Å². The highest BCUT2D eigenvalue weighted by Crippen LogP contribution is 2.24. The second-order valence-corrected chi connectivity index (χ2v) is 7.03. The molecule has 28 heavy (non-hydrogen) atoms. The van der Waals surface area contributed by atoms with Crippen LogP contribution in [-0.2, 0) is 11.2 Å². The summed E-state index contributed by atoms with van der Waals surface area (Å²) >= 11 is 0. The van der Waals surface area contributed by atoms with Crippen LogP contribution in [0.4, 0.5) is 13.2 Å². The number of likely N-dealkylation sites (tertiary alicyclic amines) is 1. The molecule has 1 aliphatic rings. The van der Waals surface area contributed by atoms with Gasteiger partial charge in [-0.1, -0.05) is 0 Å². The molecule has 0 radical (unpaired) electrons. The number of furan rings is 1. The lowest BCUT2D eigenvalue weighted by Crippen LogP contribution is -2.41.